The van der Waals surface area contributed by atoms with Crippen molar-refractivity contribution in [1.29, 1.82) is 0 Å². The van der Waals surface area contributed by atoms with Gasteiger partial charge in [-0.3, -0.25) is 4.79 Å². The highest BCUT2D eigenvalue weighted by molar-refractivity contribution is 7.89. The molecule has 1 aromatic carbocycles. The molecule has 6 nitrogen and oxygen atoms in total. The molecule has 0 atom stereocenters. The summed E-state index contributed by atoms with van der Waals surface area (Å²) in [4.78, 5) is 13.8. The first-order valence-electron chi connectivity index (χ1n) is 8.49. The van der Waals surface area contributed by atoms with Gasteiger partial charge < -0.3 is 9.64 Å². The molecule has 0 aromatic heterocycles. The summed E-state index contributed by atoms with van der Waals surface area (Å²) in [6.45, 7) is 6.28. The van der Waals surface area contributed by atoms with E-state index in [4.69, 9.17) is 4.74 Å². The first-order valence-corrected chi connectivity index (χ1v) is 9.93. The number of amides is 1. The van der Waals surface area contributed by atoms with Crippen LogP contribution in [0.25, 0.3) is 0 Å². The molecular weight excluding hydrogens is 328 g/mol. The second-order valence-electron chi connectivity index (χ2n) is 5.81. The summed E-state index contributed by atoms with van der Waals surface area (Å²) in [7, 11) is -3.54. The quantitative estimate of drug-likeness (QED) is 0.785. The first-order chi connectivity index (χ1) is 11.5. The summed E-state index contributed by atoms with van der Waals surface area (Å²) < 4.78 is 32.5. The Morgan fingerprint density at radius 2 is 1.79 bits per heavy atom. The van der Waals surface area contributed by atoms with Crippen LogP contribution in [0.1, 0.15) is 33.1 Å². The zero-order valence-electron chi connectivity index (χ0n) is 14.4. The first kappa shape index (κ1) is 18.7. The van der Waals surface area contributed by atoms with Gasteiger partial charge in [0.05, 0.1) is 11.5 Å². The van der Waals surface area contributed by atoms with Crippen molar-refractivity contribution in [1.82, 2.24) is 9.21 Å². The highest BCUT2D eigenvalue weighted by Gasteiger charge is 2.27. The lowest BCUT2D eigenvalue weighted by Crippen LogP contribution is -2.37. The molecule has 0 unspecified atom stereocenters. The van der Waals surface area contributed by atoms with Crippen molar-refractivity contribution in [3.05, 3.63) is 24.3 Å². The van der Waals surface area contributed by atoms with Crippen LogP contribution in [0.2, 0.25) is 0 Å². The van der Waals surface area contributed by atoms with Crippen LogP contribution >= 0.6 is 0 Å². The van der Waals surface area contributed by atoms with E-state index in [2.05, 4.69) is 0 Å². The minimum Gasteiger partial charge on any atom is -0.494 e. The van der Waals surface area contributed by atoms with Gasteiger partial charge in [0, 0.05) is 32.6 Å². The van der Waals surface area contributed by atoms with Gasteiger partial charge in [0.25, 0.3) is 0 Å². The Kier molecular flexibility index (Phi) is 6.62. The van der Waals surface area contributed by atoms with Crippen molar-refractivity contribution in [2.24, 2.45) is 0 Å². The molecule has 1 aliphatic heterocycles. The lowest BCUT2D eigenvalue weighted by atomic mass is 10.3. The fourth-order valence-electron chi connectivity index (χ4n) is 2.68. The molecule has 0 bridgehead atoms. The van der Waals surface area contributed by atoms with Crippen molar-refractivity contribution in [2.75, 3.05) is 32.8 Å². The van der Waals surface area contributed by atoms with E-state index in [0.717, 1.165) is 6.42 Å². The van der Waals surface area contributed by atoms with Crippen LogP contribution in [0.3, 0.4) is 0 Å². The third-order valence-electron chi connectivity index (χ3n) is 4.04. The van der Waals surface area contributed by atoms with Gasteiger partial charge in [-0.15, -0.1) is 0 Å². The van der Waals surface area contributed by atoms with E-state index in [1.165, 1.54) is 4.31 Å². The molecule has 1 heterocycles. The Morgan fingerprint density at radius 1 is 1.08 bits per heavy atom. The van der Waals surface area contributed by atoms with Gasteiger partial charge in [0.2, 0.25) is 15.9 Å². The monoisotopic (exact) mass is 354 g/mol. The predicted octanol–water partition coefficient (Wildman–Crippen LogP) is 2.11. The van der Waals surface area contributed by atoms with E-state index in [-0.39, 0.29) is 10.8 Å². The highest BCUT2D eigenvalue weighted by Crippen LogP contribution is 2.21. The third kappa shape index (κ3) is 4.48. The van der Waals surface area contributed by atoms with Crippen LogP contribution in [0.5, 0.6) is 5.75 Å². The molecule has 7 heteroatoms. The van der Waals surface area contributed by atoms with Gasteiger partial charge in [-0.2, -0.15) is 4.31 Å². The molecule has 1 saturated heterocycles. The molecule has 0 radical (unpaired) electrons. The minimum atomic E-state index is -3.54. The Labute approximate surface area is 144 Å². The maximum absolute atomic E-state index is 12.8. The fraction of sp³-hybridized carbons (Fsp3) is 0.588. The summed E-state index contributed by atoms with van der Waals surface area (Å²) in [6, 6.07) is 6.54. The molecule has 0 saturated carbocycles. The van der Waals surface area contributed by atoms with Crippen LogP contribution in [0.4, 0.5) is 0 Å². The number of carbonyl (C=O) groups is 1. The van der Waals surface area contributed by atoms with Crippen LogP contribution in [-0.2, 0) is 14.8 Å². The molecule has 1 aromatic rings. The maximum atomic E-state index is 12.8. The molecule has 1 amide bonds. The Hall–Kier alpha value is -1.60. The van der Waals surface area contributed by atoms with Crippen molar-refractivity contribution < 1.29 is 17.9 Å². The number of ether oxygens (including phenoxy) is 1. The average molecular weight is 354 g/mol. The topological polar surface area (TPSA) is 66.9 Å². The van der Waals surface area contributed by atoms with Gasteiger partial charge in [-0.1, -0.05) is 13.8 Å². The van der Waals surface area contributed by atoms with Crippen LogP contribution in [-0.4, -0.2) is 56.3 Å². The van der Waals surface area contributed by atoms with Crippen LogP contribution in [0, 0.1) is 0 Å². The van der Waals surface area contributed by atoms with Crippen LogP contribution in [0.15, 0.2) is 29.2 Å². The number of carbonyl (C=O) groups excluding carboxylic acids is 1. The van der Waals surface area contributed by atoms with Gasteiger partial charge in [0.1, 0.15) is 5.75 Å². The summed E-state index contributed by atoms with van der Waals surface area (Å²) in [5, 5.41) is 0. The number of sulfonamides is 1. The lowest BCUT2D eigenvalue weighted by Gasteiger charge is -2.21. The largest absolute Gasteiger partial charge is 0.494 e. The zero-order chi connectivity index (χ0) is 17.6. The Bertz CT molecular complexity index is 643. The Morgan fingerprint density at radius 3 is 2.42 bits per heavy atom. The van der Waals surface area contributed by atoms with Crippen molar-refractivity contribution >= 4 is 15.9 Å². The van der Waals surface area contributed by atoms with Crippen molar-refractivity contribution in [2.45, 2.75) is 38.0 Å². The summed E-state index contributed by atoms with van der Waals surface area (Å²) in [5.41, 5.74) is 0. The highest BCUT2D eigenvalue weighted by atomic mass is 32.2. The zero-order valence-corrected chi connectivity index (χ0v) is 15.2. The molecule has 1 aliphatic rings. The number of hydrogen-bond donors (Lipinski definition) is 0. The van der Waals surface area contributed by atoms with E-state index >= 15 is 0 Å². The minimum absolute atomic E-state index is 0.0756. The molecule has 0 N–H and O–H groups in total. The second-order valence-corrected chi connectivity index (χ2v) is 7.75. The predicted molar refractivity (Wildman–Crippen MR) is 92.5 cm³/mol. The van der Waals surface area contributed by atoms with Crippen molar-refractivity contribution in [3.63, 3.8) is 0 Å². The smallest absolute Gasteiger partial charge is 0.243 e. The molecule has 1 fully saturated rings. The van der Waals surface area contributed by atoms with E-state index < -0.39 is 10.0 Å². The fourth-order valence-corrected chi connectivity index (χ4v) is 4.15. The van der Waals surface area contributed by atoms with Gasteiger partial charge in [-0.25, -0.2) is 8.42 Å². The summed E-state index contributed by atoms with van der Waals surface area (Å²) >= 11 is 0. The molecule has 0 spiro atoms. The molecule has 24 heavy (non-hydrogen) atoms. The molecular formula is C17H26N2O4S. The molecule has 2 rings (SSSR count). The van der Waals surface area contributed by atoms with E-state index in [9.17, 15) is 13.2 Å². The average Bonchev–Trinajstić information content (AvgIpc) is 2.86. The summed E-state index contributed by atoms with van der Waals surface area (Å²) in [6.07, 6.45) is 2.01. The van der Waals surface area contributed by atoms with Gasteiger partial charge >= 0.3 is 0 Å². The molecule has 134 valence electrons. The van der Waals surface area contributed by atoms with E-state index in [1.54, 1.807) is 29.2 Å². The standard InChI is InChI=1S/C17H26N2O4S/c1-3-14-23-15-6-8-16(9-7-15)24(21,22)19-11-5-10-18(12-13-19)17(20)4-2/h6-9H,3-5,10-14H2,1-2H3. The SMILES string of the molecule is CCCOc1ccc(S(=O)(=O)N2CCCN(C(=O)CC)CC2)cc1. The maximum Gasteiger partial charge on any atom is 0.243 e. The summed E-state index contributed by atoms with van der Waals surface area (Å²) in [5.74, 6) is 0.748. The lowest BCUT2D eigenvalue weighted by molar-refractivity contribution is -0.130. The van der Waals surface area contributed by atoms with Gasteiger partial charge in [-0.05, 0) is 37.1 Å². The van der Waals surface area contributed by atoms with Crippen LogP contribution < -0.4 is 4.74 Å². The molecule has 0 aliphatic carbocycles. The van der Waals surface area contributed by atoms with E-state index in [0.29, 0.717) is 51.4 Å². The number of rotatable bonds is 6. The van der Waals surface area contributed by atoms with E-state index in [1.807, 2.05) is 13.8 Å². The van der Waals surface area contributed by atoms with Gasteiger partial charge in [0.15, 0.2) is 0 Å². The number of nitrogens with zero attached hydrogens (tertiary/aromatic N) is 2. The number of hydrogen-bond acceptors (Lipinski definition) is 4. The second kappa shape index (κ2) is 8.48. The normalized spacial score (nSPS) is 16.7. The third-order valence-corrected chi connectivity index (χ3v) is 5.96. The number of benzene rings is 1. The Balaban J connectivity index is 2.08. The van der Waals surface area contributed by atoms with Crippen molar-refractivity contribution in [3.8, 4) is 5.75 Å².